The number of pyridine rings is 1. The second-order valence-corrected chi connectivity index (χ2v) is 6.44. The summed E-state index contributed by atoms with van der Waals surface area (Å²) >= 11 is 0. The molecular weight excluding hydrogens is 304 g/mol. The standard InChI is InChI=1S/C17H24N6O/c1-12-6-4-5-9-23(12)15-10-14(7-8-18-15)17(24)20-13(2)16-21-19-11-22(16)3/h7-8,10-13H,4-6,9H2,1-3H3,(H,20,24)/t12-,13+/m1/s1. The predicted molar refractivity (Wildman–Crippen MR) is 91.8 cm³/mol. The summed E-state index contributed by atoms with van der Waals surface area (Å²) in [7, 11) is 1.86. The quantitative estimate of drug-likeness (QED) is 0.930. The van der Waals surface area contributed by atoms with E-state index in [-0.39, 0.29) is 11.9 Å². The van der Waals surface area contributed by atoms with Crippen LogP contribution in [0, 0.1) is 0 Å². The van der Waals surface area contributed by atoms with Crippen molar-refractivity contribution in [2.45, 2.75) is 45.2 Å². The molecule has 7 heteroatoms. The van der Waals surface area contributed by atoms with E-state index >= 15 is 0 Å². The van der Waals surface area contributed by atoms with Gasteiger partial charge >= 0.3 is 0 Å². The van der Waals surface area contributed by atoms with Gasteiger partial charge in [-0.05, 0) is 45.2 Å². The number of piperidine rings is 1. The van der Waals surface area contributed by atoms with Crippen molar-refractivity contribution in [3.8, 4) is 0 Å². The molecule has 0 saturated carbocycles. The van der Waals surface area contributed by atoms with Crippen molar-refractivity contribution in [3.05, 3.63) is 36.0 Å². The Balaban J connectivity index is 1.73. The van der Waals surface area contributed by atoms with E-state index in [1.807, 2.05) is 20.0 Å². The molecular formula is C17H24N6O. The average Bonchev–Trinajstić information content (AvgIpc) is 3.01. The lowest BCUT2D eigenvalue weighted by Crippen LogP contribution is -2.38. The van der Waals surface area contributed by atoms with Crippen LogP contribution in [0.25, 0.3) is 0 Å². The molecule has 2 aromatic heterocycles. The summed E-state index contributed by atoms with van der Waals surface area (Å²) in [6.07, 6.45) is 6.93. The predicted octanol–water partition coefficient (Wildman–Crippen LogP) is 2.08. The number of rotatable bonds is 4. The minimum Gasteiger partial charge on any atom is -0.354 e. The second-order valence-electron chi connectivity index (χ2n) is 6.44. The highest BCUT2D eigenvalue weighted by molar-refractivity contribution is 5.95. The molecule has 0 aromatic carbocycles. The lowest BCUT2D eigenvalue weighted by atomic mass is 10.0. The Bertz CT molecular complexity index is 713. The van der Waals surface area contributed by atoms with Gasteiger partial charge in [-0.1, -0.05) is 0 Å². The summed E-state index contributed by atoms with van der Waals surface area (Å²) in [5, 5.41) is 10.9. The van der Waals surface area contributed by atoms with Crippen LogP contribution < -0.4 is 10.2 Å². The van der Waals surface area contributed by atoms with Crippen molar-refractivity contribution in [3.63, 3.8) is 0 Å². The Labute approximate surface area is 142 Å². The molecule has 0 unspecified atom stereocenters. The van der Waals surface area contributed by atoms with E-state index < -0.39 is 0 Å². The van der Waals surface area contributed by atoms with Crippen LogP contribution in [0.15, 0.2) is 24.7 Å². The number of aromatic nitrogens is 4. The average molecular weight is 328 g/mol. The Morgan fingerprint density at radius 2 is 2.25 bits per heavy atom. The van der Waals surface area contributed by atoms with Gasteiger partial charge in [0.05, 0.1) is 6.04 Å². The number of nitrogens with one attached hydrogen (secondary N) is 1. The van der Waals surface area contributed by atoms with Crippen molar-refractivity contribution in [2.75, 3.05) is 11.4 Å². The summed E-state index contributed by atoms with van der Waals surface area (Å²) in [5.41, 5.74) is 0.617. The van der Waals surface area contributed by atoms with Gasteiger partial charge in [-0.3, -0.25) is 4.79 Å². The molecule has 3 rings (SSSR count). The molecule has 0 spiro atoms. The van der Waals surface area contributed by atoms with Crippen molar-refractivity contribution < 1.29 is 4.79 Å². The van der Waals surface area contributed by atoms with E-state index in [9.17, 15) is 4.79 Å². The van der Waals surface area contributed by atoms with Gasteiger partial charge in [0.25, 0.3) is 5.91 Å². The first-order valence-corrected chi connectivity index (χ1v) is 8.43. The van der Waals surface area contributed by atoms with Gasteiger partial charge in [0, 0.05) is 31.4 Å². The Morgan fingerprint density at radius 3 is 2.96 bits per heavy atom. The fraction of sp³-hybridized carbons (Fsp3) is 0.529. The Hall–Kier alpha value is -2.44. The van der Waals surface area contributed by atoms with Crippen molar-refractivity contribution in [2.24, 2.45) is 7.05 Å². The van der Waals surface area contributed by atoms with Crippen molar-refractivity contribution in [1.29, 1.82) is 0 Å². The third kappa shape index (κ3) is 3.39. The number of aryl methyl sites for hydroxylation is 1. The summed E-state index contributed by atoms with van der Waals surface area (Å²) in [5.74, 6) is 1.47. The highest BCUT2D eigenvalue weighted by Gasteiger charge is 2.21. The van der Waals surface area contributed by atoms with Gasteiger partial charge in [-0.2, -0.15) is 0 Å². The topological polar surface area (TPSA) is 75.9 Å². The van der Waals surface area contributed by atoms with Crippen LogP contribution in [0.5, 0.6) is 0 Å². The fourth-order valence-corrected chi connectivity index (χ4v) is 3.18. The van der Waals surface area contributed by atoms with Crippen LogP contribution in [0.1, 0.15) is 55.3 Å². The van der Waals surface area contributed by atoms with Gasteiger partial charge in [-0.25, -0.2) is 4.98 Å². The van der Waals surface area contributed by atoms with Gasteiger partial charge in [-0.15, -0.1) is 10.2 Å². The maximum Gasteiger partial charge on any atom is 0.252 e. The SMILES string of the molecule is C[C@H](NC(=O)c1ccnc(N2CCCC[C@H]2C)c1)c1nncn1C. The lowest BCUT2D eigenvalue weighted by Gasteiger charge is -2.34. The number of hydrogen-bond donors (Lipinski definition) is 1. The summed E-state index contributed by atoms with van der Waals surface area (Å²) < 4.78 is 1.80. The zero-order valence-electron chi connectivity index (χ0n) is 14.4. The minimum absolute atomic E-state index is 0.126. The molecule has 1 amide bonds. The van der Waals surface area contributed by atoms with Gasteiger partial charge in [0.15, 0.2) is 5.82 Å². The molecule has 1 saturated heterocycles. The molecule has 7 nitrogen and oxygen atoms in total. The van der Waals surface area contributed by atoms with E-state index in [1.54, 1.807) is 23.2 Å². The van der Waals surface area contributed by atoms with E-state index in [1.165, 1.54) is 19.3 Å². The molecule has 1 aliphatic heterocycles. The maximum atomic E-state index is 12.6. The van der Waals surface area contributed by atoms with Crippen LogP contribution in [0.2, 0.25) is 0 Å². The summed E-state index contributed by atoms with van der Waals surface area (Å²) in [4.78, 5) is 19.3. The van der Waals surface area contributed by atoms with E-state index in [2.05, 4.69) is 32.3 Å². The van der Waals surface area contributed by atoms with E-state index in [0.717, 1.165) is 18.2 Å². The molecule has 3 heterocycles. The zero-order chi connectivity index (χ0) is 17.1. The zero-order valence-corrected chi connectivity index (χ0v) is 14.4. The largest absolute Gasteiger partial charge is 0.354 e. The summed E-state index contributed by atoms with van der Waals surface area (Å²) in [6, 6.07) is 3.87. The van der Waals surface area contributed by atoms with Crippen molar-refractivity contribution in [1.82, 2.24) is 25.1 Å². The first-order chi connectivity index (χ1) is 11.6. The van der Waals surface area contributed by atoms with Gasteiger partial charge in [0.2, 0.25) is 0 Å². The normalized spacial score (nSPS) is 19.1. The monoisotopic (exact) mass is 328 g/mol. The van der Waals surface area contributed by atoms with E-state index in [4.69, 9.17) is 0 Å². The Kier molecular flexibility index (Phi) is 4.78. The highest BCUT2D eigenvalue weighted by Crippen LogP contribution is 2.23. The molecule has 1 fully saturated rings. The molecule has 0 radical (unpaired) electrons. The minimum atomic E-state index is -0.212. The number of carbonyl (C=O) groups is 1. The molecule has 0 aliphatic carbocycles. The smallest absolute Gasteiger partial charge is 0.252 e. The lowest BCUT2D eigenvalue weighted by molar-refractivity contribution is 0.0937. The molecule has 0 bridgehead atoms. The Morgan fingerprint density at radius 1 is 1.42 bits per heavy atom. The van der Waals surface area contributed by atoms with E-state index in [0.29, 0.717) is 11.6 Å². The summed E-state index contributed by atoms with van der Waals surface area (Å²) in [6.45, 7) is 5.11. The van der Waals surface area contributed by atoms with Crippen molar-refractivity contribution >= 4 is 11.7 Å². The molecule has 128 valence electrons. The van der Waals surface area contributed by atoms with Crippen LogP contribution in [0.3, 0.4) is 0 Å². The molecule has 24 heavy (non-hydrogen) atoms. The first-order valence-electron chi connectivity index (χ1n) is 8.43. The third-order valence-electron chi connectivity index (χ3n) is 4.59. The van der Waals surface area contributed by atoms with Crippen LogP contribution in [-0.4, -0.2) is 38.2 Å². The van der Waals surface area contributed by atoms with Crippen LogP contribution >= 0.6 is 0 Å². The van der Waals surface area contributed by atoms with Gasteiger partial charge < -0.3 is 14.8 Å². The number of amides is 1. The molecule has 1 aliphatic rings. The molecule has 2 atom stereocenters. The first kappa shape index (κ1) is 16.4. The number of carbonyl (C=O) groups excluding carboxylic acids is 1. The third-order valence-corrected chi connectivity index (χ3v) is 4.59. The maximum absolute atomic E-state index is 12.6. The second kappa shape index (κ2) is 6.98. The highest BCUT2D eigenvalue weighted by atomic mass is 16.1. The number of hydrogen-bond acceptors (Lipinski definition) is 5. The molecule has 1 N–H and O–H groups in total. The van der Waals surface area contributed by atoms with Gasteiger partial charge in [0.1, 0.15) is 12.1 Å². The molecule has 2 aromatic rings. The fourth-order valence-electron chi connectivity index (χ4n) is 3.18. The number of anilines is 1. The van der Waals surface area contributed by atoms with Crippen LogP contribution in [0.4, 0.5) is 5.82 Å². The van der Waals surface area contributed by atoms with Crippen LogP contribution in [-0.2, 0) is 7.05 Å². The number of nitrogens with zero attached hydrogens (tertiary/aromatic N) is 5.